The number of urea groups is 1. The van der Waals surface area contributed by atoms with Crippen LogP contribution in [0.4, 0.5) is 10.5 Å². The van der Waals surface area contributed by atoms with Gasteiger partial charge in [-0.15, -0.1) is 0 Å². The zero-order chi connectivity index (χ0) is 16.8. The molecule has 0 unspecified atom stereocenters. The molecule has 2 amide bonds. The summed E-state index contributed by atoms with van der Waals surface area (Å²) in [4.78, 5) is 27.6. The molecule has 122 valence electrons. The molecule has 0 radical (unpaired) electrons. The van der Waals surface area contributed by atoms with Crippen molar-refractivity contribution >= 4 is 11.7 Å². The molecule has 0 aliphatic carbocycles. The normalized spacial score (nSPS) is 10.6. The average molecular weight is 314 g/mol. The third-order valence-electron chi connectivity index (χ3n) is 3.55. The molecule has 6 heteroatoms. The minimum atomic E-state index is -0.295. The quantitative estimate of drug-likeness (QED) is 0.890. The van der Waals surface area contributed by atoms with Crippen LogP contribution in [-0.4, -0.2) is 22.1 Å². The van der Waals surface area contributed by atoms with Gasteiger partial charge in [0.15, 0.2) is 0 Å². The summed E-state index contributed by atoms with van der Waals surface area (Å²) in [5, 5.41) is 5.49. The Morgan fingerprint density at radius 1 is 1.26 bits per heavy atom. The highest BCUT2D eigenvalue weighted by molar-refractivity contribution is 5.89. The number of rotatable bonds is 5. The molecule has 6 nitrogen and oxygen atoms in total. The van der Waals surface area contributed by atoms with Gasteiger partial charge in [0.25, 0.3) is 5.56 Å². The number of carbonyl (C=O) groups is 1. The molecule has 0 spiro atoms. The first-order valence-electron chi connectivity index (χ1n) is 7.63. The van der Waals surface area contributed by atoms with E-state index in [1.807, 2.05) is 24.3 Å². The van der Waals surface area contributed by atoms with Crippen LogP contribution in [-0.2, 0) is 6.54 Å². The van der Waals surface area contributed by atoms with Crippen molar-refractivity contribution < 1.29 is 4.79 Å². The summed E-state index contributed by atoms with van der Waals surface area (Å²) >= 11 is 0. The molecular formula is C17H22N4O2. The summed E-state index contributed by atoms with van der Waals surface area (Å²) in [6.07, 6.45) is 3.00. The summed E-state index contributed by atoms with van der Waals surface area (Å²) in [6.45, 7) is 6.69. The van der Waals surface area contributed by atoms with E-state index in [0.29, 0.717) is 24.6 Å². The first-order valence-corrected chi connectivity index (χ1v) is 7.63. The molecule has 2 rings (SSSR count). The van der Waals surface area contributed by atoms with Crippen LogP contribution in [0.3, 0.4) is 0 Å². The Morgan fingerprint density at radius 3 is 2.61 bits per heavy atom. The van der Waals surface area contributed by atoms with E-state index in [9.17, 15) is 9.59 Å². The molecule has 0 fully saturated rings. The van der Waals surface area contributed by atoms with Gasteiger partial charge >= 0.3 is 6.03 Å². The van der Waals surface area contributed by atoms with Gasteiger partial charge in [0.1, 0.15) is 0 Å². The van der Waals surface area contributed by atoms with Gasteiger partial charge in [-0.05, 0) is 30.5 Å². The van der Waals surface area contributed by atoms with Crippen LogP contribution >= 0.6 is 0 Å². The number of aryl methyl sites for hydroxylation is 1. The highest BCUT2D eigenvalue weighted by Crippen LogP contribution is 2.16. The molecule has 2 aromatic rings. The lowest BCUT2D eigenvalue weighted by Crippen LogP contribution is -2.34. The number of hydrogen-bond donors (Lipinski definition) is 2. The van der Waals surface area contributed by atoms with Gasteiger partial charge < -0.3 is 10.6 Å². The SMILES string of the molecule is Cc1cncn(CCNC(=O)Nc2ccc(C(C)C)cc2)c1=O. The van der Waals surface area contributed by atoms with Crippen molar-refractivity contribution in [1.29, 1.82) is 0 Å². The predicted molar refractivity (Wildman–Crippen MR) is 90.8 cm³/mol. The van der Waals surface area contributed by atoms with Crippen molar-refractivity contribution in [2.24, 2.45) is 0 Å². The summed E-state index contributed by atoms with van der Waals surface area (Å²) in [6, 6.07) is 7.46. The van der Waals surface area contributed by atoms with Crippen LogP contribution < -0.4 is 16.2 Å². The van der Waals surface area contributed by atoms with Crippen LogP contribution in [0.15, 0.2) is 41.6 Å². The number of nitrogens with one attached hydrogen (secondary N) is 2. The van der Waals surface area contributed by atoms with Crippen molar-refractivity contribution in [1.82, 2.24) is 14.9 Å². The van der Waals surface area contributed by atoms with Crippen LogP contribution in [0.1, 0.15) is 30.9 Å². The van der Waals surface area contributed by atoms with Gasteiger partial charge in [0.05, 0.1) is 6.33 Å². The van der Waals surface area contributed by atoms with Crippen LogP contribution in [0.5, 0.6) is 0 Å². The summed E-state index contributed by atoms with van der Waals surface area (Å²) < 4.78 is 1.48. The molecule has 1 aromatic carbocycles. The molecule has 0 saturated heterocycles. The zero-order valence-corrected chi connectivity index (χ0v) is 13.7. The highest BCUT2D eigenvalue weighted by Gasteiger charge is 2.04. The molecule has 2 N–H and O–H groups in total. The van der Waals surface area contributed by atoms with E-state index in [1.54, 1.807) is 6.92 Å². The van der Waals surface area contributed by atoms with Gasteiger partial charge in [-0.2, -0.15) is 0 Å². The zero-order valence-electron chi connectivity index (χ0n) is 13.7. The fourth-order valence-corrected chi connectivity index (χ4v) is 2.14. The molecule has 1 heterocycles. The largest absolute Gasteiger partial charge is 0.336 e. The van der Waals surface area contributed by atoms with Gasteiger partial charge in [-0.25, -0.2) is 9.78 Å². The van der Waals surface area contributed by atoms with E-state index in [2.05, 4.69) is 29.5 Å². The van der Waals surface area contributed by atoms with Crippen molar-refractivity contribution in [3.05, 3.63) is 58.3 Å². The van der Waals surface area contributed by atoms with E-state index >= 15 is 0 Å². The van der Waals surface area contributed by atoms with E-state index in [4.69, 9.17) is 0 Å². The maximum Gasteiger partial charge on any atom is 0.319 e. The minimum absolute atomic E-state index is 0.0912. The summed E-state index contributed by atoms with van der Waals surface area (Å²) in [7, 11) is 0. The lowest BCUT2D eigenvalue weighted by Gasteiger charge is -2.10. The van der Waals surface area contributed by atoms with Gasteiger partial charge in [0, 0.05) is 30.5 Å². The van der Waals surface area contributed by atoms with Crippen molar-refractivity contribution in [3.8, 4) is 0 Å². The number of amides is 2. The standard InChI is InChI=1S/C17H22N4O2/c1-12(2)14-4-6-15(7-5-14)20-17(23)19-8-9-21-11-18-10-13(3)16(21)22/h4-7,10-12H,8-9H2,1-3H3,(H2,19,20,23). The third kappa shape index (κ3) is 4.67. The molecule has 23 heavy (non-hydrogen) atoms. The Balaban J connectivity index is 1.83. The molecule has 1 aromatic heterocycles. The second kappa shape index (κ2) is 7.58. The number of benzene rings is 1. The first kappa shape index (κ1) is 16.7. The van der Waals surface area contributed by atoms with Gasteiger partial charge in [-0.3, -0.25) is 9.36 Å². The number of hydrogen-bond acceptors (Lipinski definition) is 3. The molecular weight excluding hydrogens is 292 g/mol. The molecule has 0 saturated carbocycles. The Kier molecular flexibility index (Phi) is 5.51. The molecule has 0 aliphatic heterocycles. The lowest BCUT2D eigenvalue weighted by molar-refractivity contribution is 0.251. The van der Waals surface area contributed by atoms with E-state index < -0.39 is 0 Å². The topological polar surface area (TPSA) is 76.0 Å². The van der Waals surface area contributed by atoms with Crippen molar-refractivity contribution in [2.45, 2.75) is 33.2 Å². The van der Waals surface area contributed by atoms with Crippen molar-refractivity contribution in [3.63, 3.8) is 0 Å². The van der Waals surface area contributed by atoms with Crippen molar-refractivity contribution in [2.75, 3.05) is 11.9 Å². The Morgan fingerprint density at radius 2 is 1.96 bits per heavy atom. The Hall–Kier alpha value is -2.63. The monoisotopic (exact) mass is 314 g/mol. The second-order valence-corrected chi connectivity index (χ2v) is 5.73. The molecule has 0 bridgehead atoms. The third-order valence-corrected chi connectivity index (χ3v) is 3.55. The second-order valence-electron chi connectivity index (χ2n) is 5.73. The highest BCUT2D eigenvalue weighted by atomic mass is 16.2. The molecule has 0 aliphatic rings. The summed E-state index contributed by atoms with van der Waals surface area (Å²) in [5.41, 5.74) is 2.46. The fourth-order valence-electron chi connectivity index (χ4n) is 2.14. The van der Waals surface area contributed by atoms with E-state index in [-0.39, 0.29) is 11.6 Å². The van der Waals surface area contributed by atoms with E-state index in [1.165, 1.54) is 22.7 Å². The van der Waals surface area contributed by atoms with Crippen LogP contribution in [0, 0.1) is 6.92 Å². The van der Waals surface area contributed by atoms with Crippen LogP contribution in [0.2, 0.25) is 0 Å². The smallest absolute Gasteiger partial charge is 0.319 e. The van der Waals surface area contributed by atoms with E-state index in [0.717, 1.165) is 5.69 Å². The molecule has 0 atom stereocenters. The minimum Gasteiger partial charge on any atom is -0.336 e. The number of nitrogens with zero attached hydrogens (tertiary/aromatic N) is 2. The predicted octanol–water partition coefficient (Wildman–Crippen LogP) is 2.50. The Labute approximate surface area is 135 Å². The maximum atomic E-state index is 11.8. The number of aromatic nitrogens is 2. The van der Waals surface area contributed by atoms with Gasteiger partial charge in [0.2, 0.25) is 0 Å². The first-order chi connectivity index (χ1) is 11.0. The summed E-state index contributed by atoms with van der Waals surface area (Å²) in [5.74, 6) is 0.458. The number of anilines is 1. The number of carbonyl (C=O) groups excluding carboxylic acids is 1. The van der Waals surface area contributed by atoms with Crippen LogP contribution in [0.25, 0.3) is 0 Å². The fraction of sp³-hybridized carbons (Fsp3) is 0.353. The lowest BCUT2D eigenvalue weighted by atomic mass is 10.0. The van der Waals surface area contributed by atoms with Gasteiger partial charge in [-0.1, -0.05) is 26.0 Å². The maximum absolute atomic E-state index is 11.8. The Bertz CT molecular complexity index is 720. The average Bonchev–Trinajstić information content (AvgIpc) is 2.52.